The zero-order valence-electron chi connectivity index (χ0n) is 36.8. The molecule has 0 aromatic rings. The summed E-state index contributed by atoms with van der Waals surface area (Å²) in [5.74, 6) is 0.794. The lowest BCUT2D eigenvalue weighted by Crippen LogP contribution is -2.30. The van der Waals surface area contributed by atoms with Crippen molar-refractivity contribution >= 4 is 17.9 Å². The van der Waals surface area contributed by atoms with E-state index >= 15 is 0 Å². The summed E-state index contributed by atoms with van der Waals surface area (Å²) < 4.78 is 16.7. The van der Waals surface area contributed by atoms with E-state index in [1.54, 1.807) is 0 Å². The van der Waals surface area contributed by atoms with Crippen LogP contribution in [-0.4, -0.2) is 37.2 Å². The number of carbonyl (C=O) groups excluding carboxylic acids is 3. The van der Waals surface area contributed by atoms with E-state index in [4.69, 9.17) is 14.2 Å². The first-order valence-corrected chi connectivity index (χ1v) is 23.8. The maximum absolute atomic E-state index is 12.7. The average molecular weight is 765 g/mol. The molecule has 0 aliphatic carbocycles. The van der Waals surface area contributed by atoms with E-state index in [0.717, 1.165) is 69.6 Å². The van der Waals surface area contributed by atoms with Crippen LogP contribution in [0.1, 0.15) is 259 Å². The van der Waals surface area contributed by atoms with Gasteiger partial charge in [-0.25, -0.2) is 0 Å². The van der Waals surface area contributed by atoms with Crippen LogP contribution in [0.25, 0.3) is 0 Å². The Labute approximate surface area is 336 Å². The second kappa shape index (κ2) is 41.1. The van der Waals surface area contributed by atoms with Gasteiger partial charge in [-0.2, -0.15) is 0 Å². The van der Waals surface area contributed by atoms with Crippen LogP contribution in [0.4, 0.5) is 0 Å². The largest absolute Gasteiger partial charge is 0.462 e. The van der Waals surface area contributed by atoms with Crippen molar-refractivity contribution in [2.24, 2.45) is 11.8 Å². The van der Waals surface area contributed by atoms with Gasteiger partial charge in [-0.1, -0.05) is 221 Å². The molecule has 0 saturated heterocycles. The van der Waals surface area contributed by atoms with Gasteiger partial charge < -0.3 is 14.2 Å². The van der Waals surface area contributed by atoms with Crippen LogP contribution < -0.4 is 0 Å². The minimum absolute atomic E-state index is 0.0650. The molecule has 0 aliphatic rings. The van der Waals surface area contributed by atoms with Crippen LogP contribution in [0.2, 0.25) is 0 Å². The normalized spacial score (nSPS) is 12.6. The zero-order valence-corrected chi connectivity index (χ0v) is 36.8. The molecule has 2 atom stereocenters. The maximum Gasteiger partial charge on any atom is 0.306 e. The molecule has 0 aliphatic heterocycles. The lowest BCUT2D eigenvalue weighted by atomic mass is 9.99. The summed E-state index contributed by atoms with van der Waals surface area (Å²) in [6, 6.07) is 0. The number of hydrogen-bond donors (Lipinski definition) is 0. The number of esters is 3. The molecule has 0 aromatic heterocycles. The minimum Gasteiger partial charge on any atom is -0.462 e. The van der Waals surface area contributed by atoms with E-state index in [1.807, 2.05) is 0 Å². The van der Waals surface area contributed by atoms with Gasteiger partial charge in [-0.3, -0.25) is 14.4 Å². The predicted molar refractivity (Wildman–Crippen MR) is 229 cm³/mol. The first kappa shape index (κ1) is 52.4. The van der Waals surface area contributed by atoms with Crippen LogP contribution in [0.3, 0.4) is 0 Å². The predicted octanol–water partition coefficient (Wildman–Crippen LogP) is 15.0. The highest BCUT2D eigenvalue weighted by molar-refractivity contribution is 5.71. The van der Waals surface area contributed by atoms with Crippen molar-refractivity contribution in [3.8, 4) is 0 Å². The summed E-state index contributed by atoms with van der Waals surface area (Å²) in [4.78, 5) is 37.7. The van der Waals surface area contributed by atoms with Crippen molar-refractivity contribution in [3.63, 3.8) is 0 Å². The molecule has 0 aromatic carbocycles. The highest BCUT2D eigenvalue weighted by Crippen LogP contribution is 2.17. The quantitative estimate of drug-likeness (QED) is 0.0350. The summed E-state index contributed by atoms with van der Waals surface area (Å²) in [7, 11) is 0. The number of carbonyl (C=O) groups is 3. The Morgan fingerprint density at radius 2 is 0.704 bits per heavy atom. The summed E-state index contributed by atoms with van der Waals surface area (Å²) in [5, 5.41) is 0. The smallest absolute Gasteiger partial charge is 0.306 e. The minimum atomic E-state index is -0.761. The lowest BCUT2D eigenvalue weighted by molar-refractivity contribution is -0.167. The lowest BCUT2D eigenvalue weighted by Gasteiger charge is -2.18. The molecule has 0 heterocycles. The summed E-state index contributed by atoms with van der Waals surface area (Å²) in [6.07, 6.45) is 39.4. The van der Waals surface area contributed by atoms with E-state index in [9.17, 15) is 14.4 Å². The molecule has 6 nitrogen and oxygen atoms in total. The van der Waals surface area contributed by atoms with Gasteiger partial charge in [0.1, 0.15) is 13.2 Å². The highest BCUT2D eigenvalue weighted by atomic mass is 16.6. The highest BCUT2D eigenvalue weighted by Gasteiger charge is 2.19. The second-order valence-corrected chi connectivity index (χ2v) is 17.1. The molecule has 0 bridgehead atoms. The van der Waals surface area contributed by atoms with Crippen LogP contribution >= 0.6 is 0 Å². The molecule has 6 heteroatoms. The average Bonchev–Trinajstić information content (AvgIpc) is 3.15. The fourth-order valence-electron chi connectivity index (χ4n) is 7.07. The molecule has 0 fully saturated rings. The number of hydrogen-bond acceptors (Lipinski definition) is 6. The Balaban J connectivity index is 4.33. The Morgan fingerprint density at radius 3 is 1.06 bits per heavy atom. The Kier molecular flexibility index (Phi) is 39.8. The van der Waals surface area contributed by atoms with E-state index in [2.05, 4.69) is 34.6 Å². The van der Waals surface area contributed by atoms with Crippen molar-refractivity contribution in [3.05, 3.63) is 0 Å². The second-order valence-electron chi connectivity index (χ2n) is 17.1. The van der Waals surface area contributed by atoms with E-state index < -0.39 is 6.10 Å². The molecule has 0 amide bonds. The van der Waals surface area contributed by atoms with Crippen molar-refractivity contribution in [2.45, 2.75) is 265 Å². The fraction of sp³-hybridized carbons (Fsp3) is 0.938. The Hall–Kier alpha value is -1.59. The fourth-order valence-corrected chi connectivity index (χ4v) is 7.07. The van der Waals surface area contributed by atoms with E-state index in [0.29, 0.717) is 19.3 Å². The summed E-state index contributed by atoms with van der Waals surface area (Å²) >= 11 is 0. The molecular formula is C48H92O6. The molecule has 0 saturated carbocycles. The summed E-state index contributed by atoms with van der Waals surface area (Å²) in [5.41, 5.74) is 0. The summed E-state index contributed by atoms with van der Waals surface area (Å²) in [6.45, 7) is 11.3. The van der Waals surface area contributed by atoms with Gasteiger partial charge in [-0.15, -0.1) is 0 Å². The SMILES string of the molecule is CCCCCCCCCCCCCCC(=O)O[C@H](COC(=O)CCCCCCCCCCCCC(C)CC)COC(=O)CCCCCCCCCC(C)C. The van der Waals surface area contributed by atoms with Gasteiger partial charge in [0.05, 0.1) is 0 Å². The molecule has 0 rings (SSSR count). The third-order valence-corrected chi connectivity index (χ3v) is 11.1. The number of unbranched alkanes of at least 4 members (excludes halogenated alkanes) is 26. The first-order chi connectivity index (χ1) is 26.3. The van der Waals surface area contributed by atoms with Gasteiger partial charge in [0, 0.05) is 19.3 Å². The van der Waals surface area contributed by atoms with Gasteiger partial charge in [0.25, 0.3) is 0 Å². The van der Waals surface area contributed by atoms with Crippen LogP contribution in [0, 0.1) is 11.8 Å². The van der Waals surface area contributed by atoms with Crippen LogP contribution in [-0.2, 0) is 28.6 Å². The van der Waals surface area contributed by atoms with Gasteiger partial charge in [0.2, 0.25) is 0 Å². The standard InChI is InChI=1S/C48H92O6/c1-6-8-9-10-11-12-13-14-19-24-30-35-40-48(51)54-45(42-53-47(50)39-34-29-25-20-21-26-31-36-43(3)4)41-52-46(49)38-33-28-23-18-16-15-17-22-27-32-37-44(5)7-2/h43-45H,6-42H2,1-5H3/t44?,45-/m1/s1. The van der Waals surface area contributed by atoms with Crippen molar-refractivity contribution in [1.82, 2.24) is 0 Å². The number of rotatable bonds is 42. The topological polar surface area (TPSA) is 78.9 Å². The van der Waals surface area contributed by atoms with Gasteiger partial charge >= 0.3 is 17.9 Å². The monoisotopic (exact) mass is 765 g/mol. The van der Waals surface area contributed by atoms with Crippen LogP contribution in [0.5, 0.6) is 0 Å². The van der Waals surface area contributed by atoms with Gasteiger partial charge in [-0.05, 0) is 31.1 Å². The molecular weight excluding hydrogens is 673 g/mol. The van der Waals surface area contributed by atoms with Gasteiger partial charge in [0.15, 0.2) is 6.10 Å². The van der Waals surface area contributed by atoms with E-state index in [1.165, 1.54) is 148 Å². The third-order valence-electron chi connectivity index (χ3n) is 11.1. The Bertz CT molecular complexity index is 826. The van der Waals surface area contributed by atoms with Crippen molar-refractivity contribution in [2.75, 3.05) is 13.2 Å². The molecule has 320 valence electrons. The third kappa shape index (κ3) is 40.1. The molecule has 1 unspecified atom stereocenters. The molecule has 0 N–H and O–H groups in total. The van der Waals surface area contributed by atoms with Crippen LogP contribution in [0.15, 0.2) is 0 Å². The maximum atomic E-state index is 12.7. The molecule has 0 spiro atoms. The first-order valence-electron chi connectivity index (χ1n) is 23.8. The van der Waals surface area contributed by atoms with Crippen molar-refractivity contribution < 1.29 is 28.6 Å². The van der Waals surface area contributed by atoms with Crippen molar-refractivity contribution in [1.29, 1.82) is 0 Å². The number of ether oxygens (including phenoxy) is 3. The molecule has 0 radical (unpaired) electrons. The zero-order chi connectivity index (χ0) is 39.7. The Morgan fingerprint density at radius 1 is 0.389 bits per heavy atom. The molecule has 54 heavy (non-hydrogen) atoms. The van der Waals surface area contributed by atoms with E-state index in [-0.39, 0.29) is 31.1 Å².